The fourth-order valence-electron chi connectivity index (χ4n) is 5.61. The zero-order valence-corrected chi connectivity index (χ0v) is 15.2. The Labute approximate surface area is 148 Å². The minimum absolute atomic E-state index is 0.0000848. The normalized spacial score (nSPS) is 39.5. The van der Waals surface area contributed by atoms with E-state index in [0.29, 0.717) is 18.8 Å². The van der Waals surface area contributed by atoms with E-state index in [0.717, 1.165) is 25.7 Å². The first-order valence-electron chi connectivity index (χ1n) is 9.54. The molecule has 0 bridgehead atoms. The maximum absolute atomic E-state index is 12.7. The zero-order chi connectivity index (χ0) is 18.2. The summed E-state index contributed by atoms with van der Waals surface area (Å²) < 4.78 is 5.59. The monoisotopic (exact) mass is 348 g/mol. The SMILES string of the molecule is CC(=O)OC1CCC2C3CCC(=O)CC(=O)CCC(=O)C3CCC12C. The van der Waals surface area contributed by atoms with Crippen LogP contribution in [0.4, 0.5) is 0 Å². The molecule has 3 aliphatic carbocycles. The van der Waals surface area contributed by atoms with Crippen LogP contribution in [0.2, 0.25) is 0 Å². The van der Waals surface area contributed by atoms with Gasteiger partial charge in [0.2, 0.25) is 0 Å². The number of rotatable bonds is 1. The van der Waals surface area contributed by atoms with Gasteiger partial charge in [0.15, 0.2) is 0 Å². The van der Waals surface area contributed by atoms with Gasteiger partial charge in [-0.25, -0.2) is 0 Å². The standard InChI is InChI=1S/C20H28O5/c1-12(21)25-19-8-6-17-15-5-3-13(22)11-14(23)4-7-18(24)16(15)9-10-20(17,19)2/h15-17,19H,3-11H2,1-2H3. The minimum Gasteiger partial charge on any atom is -0.462 e. The molecule has 3 fully saturated rings. The molecule has 0 aliphatic heterocycles. The third-order valence-corrected chi connectivity index (χ3v) is 6.87. The van der Waals surface area contributed by atoms with Crippen molar-refractivity contribution in [2.24, 2.45) is 23.2 Å². The summed E-state index contributed by atoms with van der Waals surface area (Å²) in [6.07, 6.45) is 4.83. The summed E-state index contributed by atoms with van der Waals surface area (Å²) in [5.74, 6) is 0.267. The van der Waals surface area contributed by atoms with E-state index in [4.69, 9.17) is 4.74 Å². The molecule has 0 aromatic heterocycles. The number of carbonyl (C=O) groups excluding carboxylic acids is 4. The van der Waals surface area contributed by atoms with Crippen LogP contribution in [0.25, 0.3) is 0 Å². The van der Waals surface area contributed by atoms with Crippen molar-refractivity contribution in [1.29, 1.82) is 0 Å². The van der Waals surface area contributed by atoms with Gasteiger partial charge in [0.1, 0.15) is 23.5 Å². The maximum atomic E-state index is 12.7. The predicted octanol–water partition coefficient (Wildman–Crippen LogP) is 3.03. The van der Waals surface area contributed by atoms with Crippen LogP contribution < -0.4 is 0 Å². The lowest BCUT2D eigenvalue weighted by Gasteiger charge is -2.48. The minimum atomic E-state index is -0.246. The summed E-state index contributed by atoms with van der Waals surface area (Å²) in [6.45, 7) is 3.63. The summed E-state index contributed by atoms with van der Waals surface area (Å²) >= 11 is 0. The van der Waals surface area contributed by atoms with Crippen LogP contribution in [-0.4, -0.2) is 29.4 Å². The van der Waals surface area contributed by atoms with Gasteiger partial charge in [0.25, 0.3) is 0 Å². The van der Waals surface area contributed by atoms with Crippen molar-refractivity contribution >= 4 is 23.3 Å². The molecule has 138 valence electrons. The lowest BCUT2D eigenvalue weighted by atomic mass is 9.57. The van der Waals surface area contributed by atoms with E-state index >= 15 is 0 Å². The van der Waals surface area contributed by atoms with Crippen LogP contribution in [0.1, 0.15) is 71.6 Å². The molecule has 0 radical (unpaired) electrons. The average Bonchev–Trinajstić information content (AvgIpc) is 2.86. The van der Waals surface area contributed by atoms with Crippen LogP contribution >= 0.6 is 0 Å². The Hall–Kier alpha value is -1.52. The Morgan fingerprint density at radius 3 is 2.44 bits per heavy atom. The van der Waals surface area contributed by atoms with Crippen molar-refractivity contribution in [3.8, 4) is 0 Å². The molecule has 0 N–H and O–H groups in total. The molecule has 0 aromatic carbocycles. The Kier molecular flexibility index (Phi) is 5.12. The number of ketones is 3. The molecule has 5 unspecified atom stereocenters. The summed E-state index contributed by atoms with van der Waals surface area (Å²) in [5.41, 5.74) is -0.101. The maximum Gasteiger partial charge on any atom is 0.302 e. The molecule has 0 saturated heterocycles. The quantitative estimate of drug-likeness (QED) is 0.538. The third kappa shape index (κ3) is 3.56. The highest BCUT2D eigenvalue weighted by atomic mass is 16.5. The number of Topliss-reactive ketones (excluding diaryl/α,β-unsaturated/α-hetero) is 3. The molecule has 0 aromatic rings. The smallest absolute Gasteiger partial charge is 0.302 e. The molecule has 5 nitrogen and oxygen atoms in total. The van der Waals surface area contributed by atoms with Crippen molar-refractivity contribution in [3.63, 3.8) is 0 Å². The highest BCUT2D eigenvalue weighted by Crippen LogP contribution is 2.58. The van der Waals surface area contributed by atoms with E-state index in [2.05, 4.69) is 6.92 Å². The van der Waals surface area contributed by atoms with E-state index in [1.165, 1.54) is 6.92 Å². The van der Waals surface area contributed by atoms with Crippen molar-refractivity contribution in [3.05, 3.63) is 0 Å². The Morgan fingerprint density at radius 2 is 1.72 bits per heavy atom. The Balaban J connectivity index is 1.83. The second-order valence-electron chi connectivity index (χ2n) is 8.36. The Bertz CT molecular complexity index is 595. The van der Waals surface area contributed by atoms with Crippen LogP contribution in [0.3, 0.4) is 0 Å². The summed E-state index contributed by atoms with van der Waals surface area (Å²) in [5, 5.41) is 0. The average molecular weight is 348 g/mol. The van der Waals surface area contributed by atoms with Crippen molar-refractivity contribution < 1.29 is 23.9 Å². The number of ether oxygens (including phenoxy) is 1. The Morgan fingerprint density at radius 1 is 1.00 bits per heavy atom. The van der Waals surface area contributed by atoms with Gasteiger partial charge in [-0.15, -0.1) is 0 Å². The fraction of sp³-hybridized carbons (Fsp3) is 0.800. The molecular weight excluding hydrogens is 320 g/mol. The van der Waals surface area contributed by atoms with Gasteiger partial charge in [0.05, 0.1) is 6.42 Å². The number of fused-ring (bicyclic) bond motifs is 3. The molecule has 0 spiro atoms. The third-order valence-electron chi connectivity index (χ3n) is 6.87. The van der Waals surface area contributed by atoms with Crippen LogP contribution in [0.5, 0.6) is 0 Å². The summed E-state index contributed by atoms with van der Waals surface area (Å²) in [4.78, 5) is 48.0. The molecular formula is C20H28O5. The zero-order valence-electron chi connectivity index (χ0n) is 15.2. The predicted molar refractivity (Wildman–Crippen MR) is 90.7 cm³/mol. The van der Waals surface area contributed by atoms with E-state index in [1.807, 2.05) is 0 Å². The second-order valence-corrected chi connectivity index (χ2v) is 8.36. The van der Waals surface area contributed by atoms with Gasteiger partial charge in [0, 0.05) is 37.5 Å². The molecule has 3 saturated carbocycles. The molecule has 3 aliphatic rings. The first-order chi connectivity index (χ1) is 11.8. The van der Waals surface area contributed by atoms with Gasteiger partial charge in [-0.1, -0.05) is 6.92 Å². The lowest BCUT2D eigenvalue weighted by molar-refractivity contribution is -0.156. The largest absolute Gasteiger partial charge is 0.462 e. The second kappa shape index (κ2) is 7.00. The first kappa shape index (κ1) is 18.3. The van der Waals surface area contributed by atoms with Gasteiger partial charge in [-0.3, -0.25) is 19.2 Å². The van der Waals surface area contributed by atoms with E-state index < -0.39 is 0 Å². The fourth-order valence-corrected chi connectivity index (χ4v) is 5.61. The molecule has 0 heterocycles. The molecule has 3 rings (SSSR count). The molecule has 0 amide bonds. The molecule has 25 heavy (non-hydrogen) atoms. The van der Waals surface area contributed by atoms with Gasteiger partial charge < -0.3 is 4.74 Å². The van der Waals surface area contributed by atoms with Crippen LogP contribution in [0, 0.1) is 23.2 Å². The van der Waals surface area contributed by atoms with Gasteiger partial charge >= 0.3 is 5.97 Å². The van der Waals surface area contributed by atoms with Crippen LogP contribution in [0.15, 0.2) is 0 Å². The number of hydrogen-bond donors (Lipinski definition) is 0. The van der Waals surface area contributed by atoms with E-state index in [1.54, 1.807) is 0 Å². The number of carbonyl (C=O) groups is 4. The number of esters is 1. The van der Waals surface area contributed by atoms with Crippen molar-refractivity contribution in [2.75, 3.05) is 0 Å². The van der Waals surface area contributed by atoms with Gasteiger partial charge in [-0.05, 0) is 43.9 Å². The van der Waals surface area contributed by atoms with E-state index in [-0.39, 0.29) is 65.9 Å². The highest BCUT2D eigenvalue weighted by Gasteiger charge is 2.56. The van der Waals surface area contributed by atoms with E-state index in [9.17, 15) is 19.2 Å². The first-order valence-corrected chi connectivity index (χ1v) is 9.54. The summed E-state index contributed by atoms with van der Waals surface area (Å²) in [7, 11) is 0. The molecule has 5 atom stereocenters. The topological polar surface area (TPSA) is 77.5 Å². The van der Waals surface area contributed by atoms with Crippen molar-refractivity contribution in [2.45, 2.75) is 77.7 Å². The number of hydrogen-bond acceptors (Lipinski definition) is 5. The van der Waals surface area contributed by atoms with Crippen LogP contribution in [-0.2, 0) is 23.9 Å². The summed E-state index contributed by atoms with van der Waals surface area (Å²) in [6, 6.07) is 0. The lowest BCUT2D eigenvalue weighted by Crippen LogP contribution is -2.46. The van der Waals surface area contributed by atoms with Crippen molar-refractivity contribution in [1.82, 2.24) is 0 Å². The van der Waals surface area contributed by atoms with Gasteiger partial charge in [-0.2, -0.15) is 0 Å². The highest BCUT2D eigenvalue weighted by molar-refractivity contribution is 6.00. The molecule has 5 heteroatoms.